The third-order valence-corrected chi connectivity index (χ3v) is 3.03. The SMILES string of the molecule is CC(C)(C)C(Cc1nc2ccccc2[nH]c1=O)=NN. The lowest BCUT2D eigenvalue weighted by Gasteiger charge is -2.20. The van der Waals surface area contributed by atoms with E-state index < -0.39 is 0 Å². The Morgan fingerprint density at radius 3 is 2.68 bits per heavy atom. The molecule has 5 heteroatoms. The highest BCUT2D eigenvalue weighted by Gasteiger charge is 2.21. The third-order valence-electron chi connectivity index (χ3n) is 3.03. The van der Waals surface area contributed by atoms with E-state index in [9.17, 15) is 4.79 Å². The van der Waals surface area contributed by atoms with E-state index in [1.165, 1.54) is 0 Å². The van der Waals surface area contributed by atoms with Crippen LogP contribution in [0.1, 0.15) is 26.5 Å². The maximum Gasteiger partial charge on any atom is 0.270 e. The zero-order chi connectivity index (χ0) is 14.0. The third kappa shape index (κ3) is 2.81. The number of benzene rings is 1. The van der Waals surface area contributed by atoms with Crippen molar-refractivity contribution < 1.29 is 0 Å². The topological polar surface area (TPSA) is 84.1 Å². The summed E-state index contributed by atoms with van der Waals surface area (Å²) >= 11 is 0. The first kappa shape index (κ1) is 13.3. The predicted octanol–water partition coefficient (Wildman–Crippen LogP) is 1.83. The summed E-state index contributed by atoms with van der Waals surface area (Å²) in [6, 6.07) is 7.45. The van der Waals surface area contributed by atoms with Crippen molar-refractivity contribution in [3.05, 3.63) is 40.3 Å². The standard InChI is InChI=1S/C14H18N4O/c1-14(2,3)12(18-15)8-11-13(19)17-10-7-5-4-6-9(10)16-11/h4-7H,8,15H2,1-3H3,(H,17,19). The van der Waals surface area contributed by atoms with Crippen LogP contribution in [0.15, 0.2) is 34.2 Å². The largest absolute Gasteiger partial charge is 0.323 e. The number of nitrogens with two attached hydrogens (primary N) is 1. The Bertz CT molecular complexity index is 680. The molecule has 5 nitrogen and oxygen atoms in total. The Kier molecular flexibility index (Phi) is 3.38. The highest BCUT2D eigenvalue weighted by Crippen LogP contribution is 2.18. The highest BCUT2D eigenvalue weighted by molar-refractivity contribution is 5.90. The summed E-state index contributed by atoms with van der Waals surface area (Å²) in [6.45, 7) is 6.02. The fourth-order valence-corrected chi connectivity index (χ4v) is 1.85. The molecule has 3 N–H and O–H groups in total. The smallest absolute Gasteiger partial charge is 0.270 e. The second kappa shape index (κ2) is 4.84. The molecule has 0 spiro atoms. The monoisotopic (exact) mass is 258 g/mol. The number of H-pyrrole nitrogens is 1. The van der Waals surface area contributed by atoms with Gasteiger partial charge in [0.15, 0.2) is 0 Å². The Morgan fingerprint density at radius 1 is 1.37 bits per heavy atom. The number of rotatable bonds is 2. The van der Waals surface area contributed by atoms with E-state index >= 15 is 0 Å². The summed E-state index contributed by atoms with van der Waals surface area (Å²) in [4.78, 5) is 19.2. The predicted molar refractivity (Wildman–Crippen MR) is 77.1 cm³/mol. The van der Waals surface area contributed by atoms with Gasteiger partial charge in [-0.3, -0.25) is 4.79 Å². The van der Waals surface area contributed by atoms with Gasteiger partial charge < -0.3 is 10.8 Å². The number of aromatic nitrogens is 2. The summed E-state index contributed by atoms with van der Waals surface area (Å²) in [7, 11) is 0. The average molecular weight is 258 g/mol. The van der Waals surface area contributed by atoms with Crippen molar-refractivity contribution >= 4 is 16.7 Å². The minimum absolute atomic E-state index is 0.186. The van der Waals surface area contributed by atoms with Crippen LogP contribution >= 0.6 is 0 Å². The first-order chi connectivity index (χ1) is 8.91. The van der Waals surface area contributed by atoms with Crippen molar-refractivity contribution in [3.8, 4) is 0 Å². The Balaban J connectivity index is 2.46. The lowest BCUT2D eigenvalue weighted by atomic mass is 9.87. The fraction of sp³-hybridized carbons (Fsp3) is 0.357. The van der Waals surface area contributed by atoms with Gasteiger partial charge in [-0.05, 0) is 12.1 Å². The van der Waals surface area contributed by atoms with E-state index in [0.29, 0.717) is 12.1 Å². The van der Waals surface area contributed by atoms with Crippen LogP contribution < -0.4 is 11.4 Å². The van der Waals surface area contributed by atoms with E-state index in [4.69, 9.17) is 5.84 Å². The molecule has 0 aliphatic carbocycles. The van der Waals surface area contributed by atoms with Gasteiger partial charge in [-0.15, -0.1) is 0 Å². The maximum atomic E-state index is 12.0. The normalized spacial score (nSPS) is 12.9. The number of fused-ring (bicyclic) bond motifs is 1. The second-order valence-corrected chi connectivity index (χ2v) is 5.53. The van der Waals surface area contributed by atoms with E-state index in [2.05, 4.69) is 15.1 Å². The van der Waals surface area contributed by atoms with E-state index in [-0.39, 0.29) is 11.0 Å². The van der Waals surface area contributed by atoms with Crippen LogP contribution in [-0.4, -0.2) is 15.7 Å². The molecule has 0 aliphatic rings. The number of nitrogens with one attached hydrogen (secondary N) is 1. The summed E-state index contributed by atoms with van der Waals surface area (Å²) < 4.78 is 0. The fourth-order valence-electron chi connectivity index (χ4n) is 1.85. The molecule has 0 bridgehead atoms. The summed E-state index contributed by atoms with van der Waals surface area (Å²) in [5.74, 6) is 5.42. The van der Waals surface area contributed by atoms with Crippen molar-refractivity contribution in [3.63, 3.8) is 0 Å². The lowest BCUT2D eigenvalue weighted by molar-refractivity contribution is 0.577. The molecule has 0 radical (unpaired) electrons. The van der Waals surface area contributed by atoms with Crippen LogP contribution in [0.5, 0.6) is 0 Å². The lowest BCUT2D eigenvalue weighted by Crippen LogP contribution is -2.28. The quantitative estimate of drug-likeness (QED) is 0.489. The number of aromatic amines is 1. The number of hydrazone groups is 1. The van der Waals surface area contributed by atoms with Gasteiger partial charge in [0.1, 0.15) is 5.69 Å². The van der Waals surface area contributed by atoms with Gasteiger partial charge in [-0.25, -0.2) is 4.98 Å². The van der Waals surface area contributed by atoms with Crippen LogP contribution in [0.4, 0.5) is 0 Å². The number of para-hydroxylation sites is 2. The molecule has 0 saturated heterocycles. The number of hydrogen-bond donors (Lipinski definition) is 2. The first-order valence-corrected chi connectivity index (χ1v) is 6.17. The Morgan fingerprint density at radius 2 is 2.05 bits per heavy atom. The molecule has 0 atom stereocenters. The molecule has 0 saturated carbocycles. The van der Waals surface area contributed by atoms with Gasteiger partial charge >= 0.3 is 0 Å². The molecular formula is C14H18N4O. The van der Waals surface area contributed by atoms with Crippen LogP contribution in [0, 0.1) is 5.41 Å². The minimum atomic E-state index is -0.191. The maximum absolute atomic E-state index is 12.0. The molecule has 100 valence electrons. The molecule has 19 heavy (non-hydrogen) atoms. The van der Waals surface area contributed by atoms with Crippen molar-refractivity contribution in [1.29, 1.82) is 0 Å². The van der Waals surface area contributed by atoms with Gasteiger partial charge in [-0.1, -0.05) is 32.9 Å². The summed E-state index contributed by atoms with van der Waals surface area (Å²) in [5, 5.41) is 3.80. The molecular weight excluding hydrogens is 240 g/mol. The van der Waals surface area contributed by atoms with Crippen LogP contribution in [-0.2, 0) is 6.42 Å². The molecule has 0 aliphatic heterocycles. The van der Waals surface area contributed by atoms with E-state index in [0.717, 1.165) is 16.7 Å². The Labute approximate surface area is 111 Å². The van der Waals surface area contributed by atoms with E-state index in [1.807, 2.05) is 45.0 Å². The van der Waals surface area contributed by atoms with Gasteiger partial charge in [0.2, 0.25) is 0 Å². The van der Waals surface area contributed by atoms with Gasteiger partial charge in [-0.2, -0.15) is 5.10 Å². The van der Waals surface area contributed by atoms with Gasteiger partial charge in [0.05, 0.1) is 11.0 Å². The molecule has 0 fully saturated rings. The molecule has 2 aromatic rings. The molecule has 1 aromatic carbocycles. The zero-order valence-corrected chi connectivity index (χ0v) is 11.4. The van der Waals surface area contributed by atoms with Gasteiger partial charge in [0.25, 0.3) is 5.56 Å². The molecule has 2 rings (SSSR count). The summed E-state index contributed by atoms with van der Waals surface area (Å²) in [5.41, 5.74) is 2.32. The molecule has 1 heterocycles. The average Bonchev–Trinajstić information content (AvgIpc) is 2.34. The molecule has 0 unspecified atom stereocenters. The Hall–Kier alpha value is -2.17. The molecule has 0 amide bonds. The minimum Gasteiger partial charge on any atom is -0.323 e. The van der Waals surface area contributed by atoms with Crippen molar-refractivity contribution in [2.45, 2.75) is 27.2 Å². The number of nitrogens with zero attached hydrogens (tertiary/aromatic N) is 2. The van der Waals surface area contributed by atoms with Crippen LogP contribution in [0.3, 0.4) is 0 Å². The van der Waals surface area contributed by atoms with Gasteiger partial charge in [0, 0.05) is 17.5 Å². The highest BCUT2D eigenvalue weighted by atomic mass is 16.1. The first-order valence-electron chi connectivity index (χ1n) is 6.17. The van der Waals surface area contributed by atoms with Crippen molar-refractivity contribution in [1.82, 2.24) is 9.97 Å². The van der Waals surface area contributed by atoms with Crippen molar-refractivity contribution in [2.75, 3.05) is 0 Å². The van der Waals surface area contributed by atoms with Crippen LogP contribution in [0.2, 0.25) is 0 Å². The van der Waals surface area contributed by atoms with Crippen molar-refractivity contribution in [2.24, 2.45) is 16.4 Å². The zero-order valence-electron chi connectivity index (χ0n) is 11.4. The molecule has 1 aromatic heterocycles. The number of hydrogen-bond acceptors (Lipinski definition) is 4. The van der Waals surface area contributed by atoms with Crippen LogP contribution in [0.25, 0.3) is 11.0 Å². The second-order valence-electron chi connectivity index (χ2n) is 5.53. The van der Waals surface area contributed by atoms with E-state index in [1.54, 1.807) is 0 Å². The summed E-state index contributed by atoms with van der Waals surface area (Å²) in [6.07, 6.45) is 0.361.